The summed E-state index contributed by atoms with van der Waals surface area (Å²) in [5, 5.41) is 7.33. The van der Waals surface area contributed by atoms with Crippen molar-refractivity contribution in [2.45, 2.75) is 24.6 Å². The molecular formula is C14H19BrCl2N2O. The minimum atomic E-state index is 0.00188. The number of rotatable bonds is 8. The second-order valence-electron chi connectivity index (χ2n) is 4.57. The summed E-state index contributed by atoms with van der Waals surface area (Å²) < 4.78 is 0. The molecule has 112 valence electrons. The van der Waals surface area contributed by atoms with Gasteiger partial charge in [-0.3, -0.25) is 4.79 Å². The van der Waals surface area contributed by atoms with Crippen LogP contribution in [0.5, 0.6) is 0 Å². The van der Waals surface area contributed by atoms with Crippen molar-refractivity contribution in [1.29, 1.82) is 0 Å². The molecule has 2 N–H and O–H groups in total. The van der Waals surface area contributed by atoms with Crippen LogP contribution in [0.25, 0.3) is 0 Å². The first-order valence-corrected chi connectivity index (χ1v) is 8.19. The Kier molecular flexibility index (Phi) is 8.53. The number of alkyl halides is 1. The largest absolute Gasteiger partial charge is 0.355 e. The van der Waals surface area contributed by atoms with Crippen molar-refractivity contribution in [3.8, 4) is 0 Å². The lowest BCUT2D eigenvalue weighted by Crippen LogP contribution is -2.29. The van der Waals surface area contributed by atoms with Crippen LogP contribution in [0.4, 0.5) is 0 Å². The number of carbonyl (C=O) groups is 1. The van der Waals surface area contributed by atoms with Gasteiger partial charge >= 0.3 is 0 Å². The van der Waals surface area contributed by atoms with E-state index in [4.69, 9.17) is 23.2 Å². The fourth-order valence-corrected chi connectivity index (χ4v) is 2.38. The van der Waals surface area contributed by atoms with Crippen molar-refractivity contribution in [2.75, 3.05) is 19.6 Å². The van der Waals surface area contributed by atoms with Crippen LogP contribution in [-0.2, 0) is 11.2 Å². The molecule has 0 saturated heterocycles. The van der Waals surface area contributed by atoms with Crippen molar-refractivity contribution >= 4 is 45.0 Å². The van der Waals surface area contributed by atoms with E-state index < -0.39 is 0 Å². The minimum absolute atomic E-state index is 0.00188. The lowest BCUT2D eigenvalue weighted by atomic mass is 10.1. The van der Waals surface area contributed by atoms with Crippen LogP contribution in [0, 0.1) is 0 Å². The molecule has 0 bridgehead atoms. The van der Waals surface area contributed by atoms with Crippen LogP contribution in [0.2, 0.25) is 10.0 Å². The Hall–Kier alpha value is -0.290. The summed E-state index contributed by atoms with van der Waals surface area (Å²) >= 11 is 15.4. The number of carbonyl (C=O) groups excluding carboxylic acids is 1. The van der Waals surface area contributed by atoms with E-state index in [0.29, 0.717) is 21.4 Å². The van der Waals surface area contributed by atoms with Gasteiger partial charge in [0.05, 0.1) is 10.0 Å². The fraction of sp³-hybridized carbons (Fsp3) is 0.500. The molecule has 1 unspecified atom stereocenters. The molecule has 0 aliphatic carbocycles. The molecule has 1 atom stereocenters. The maximum absolute atomic E-state index is 10.8. The van der Waals surface area contributed by atoms with E-state index in [0.717, 1.165) is 25.9 Å². The van der Waals surface area contributed by atoms with Gasteiger partial charge in [-0.15, -0.1) is 0 Å². The zero-order valence-electron chi connectivity index (χ0n) is 11.4. The van der Waals surface area contributed by atoms with Crippen molar-refractivity contribution in [2.24, 2.45) is 0 Å². The Balaban J connectivity index is 2.12. The van der Waals surface area contributed by atoms with Crippen LogP contribution in [0.3, 0.4) is 0 Å². The molecule has 6 heteroatoms. The van der Waals surface area contributed by atoms with Gasteiger partial charge in [0.2, 0.25) is 5.91 Å². The van der Waals surface area contributed by atoms with Crippen molar-refractivity contribution in [3.05, 3.63) is 33.8 Å². The molecule has 1 amide bonds. The van der Waals surface area contributed by atoms with Crippen molar-refractivity contribution in [1.82, 2.24) is 10.6 Å². The Labute approximate surface area is 138 Å². The van der Waals surface area contributed by atoms with E-state index in [1.54, 1.807) is 0 Å². The highest BCUT2D eigenvalue weighted by Crippen LogP contribution is 2.22. The SMILES string of the molecule is CC(=O)NCC(Br)CCNCCc1ccc(Cl)c(Cl)c1. The lowest BCUT2D eigenvalue weighted by molar-refractivity contribution is -0.118. The van der Waals surface area contributed by atoms with Crippen molar-refractivity contribution < 1.29 is 4.79 Å². The second kappa shape index (κ2) is 9.61. The van der Waals surface area contributed by atoms with Crippen LogP contribution < -0.4 is 10.6 Å². The molecule has 0 spiro atoms. The second-order valence-corrected chi connectivity index (χ2v) is 6.68. The molecule has 0 aromatic heterocycles. The number of hydrogen-bond donors (Lipinski definition) is 2. The average molecular weight is 382 g/mol. The summed E-state index contributed by atoms with van der Waals surface area (Å²) in [6.45, 7) is 3.97. The normalized spacial score (nSPS) is 12.2. The smallest absolute Gasteiger partial charge is 0.216 e. The van der Waals surface area contributed by atoms with Gasteiger partial charge in [-0.25, -0.2) is 0 Å². The van der Waals surface area contributed by atoms with Gasteiger partial charge in [0.25, 0.3) is 0 Å². The van der Waals surface area contributed by atoms with Gasteiger partial charge < -0.3 is 10.6 Å². The molecule has 0 saturated carbocycles. The predicted molar refractivity (Wildman–Crippen MR) is 89.1 cm³/mol. The van der Waals surface area contributed by atoms with E-state index in [1.165, 1.54) is 12.5 Å². The van der Waals surface area contributed by atoms with Crippen LogP contribution in [0.1, 0.15) is 18.9 Å². The molecule has 0 heterocycles. The Bertz CT molecular complexity index is 443. The van der Waals surface area contributed by atoms with Crippen molar-refractivity contribution in [3.63, 3.8) is 0 Å². The number of amides is 1. The summed E-state index contributed by atoms with van der Waals surface area (Å²) in [7, 11) is 0. The highest BCUT2D eigenvalue weighted by molar-refractivity contribution is 9.09. The first kappa shape index (κ1) is 17.8. The molecule has 0 aliphatic heterocycles. The van der Waals surface area contributed by atoms with E-state index in [1.807, 2.05) is 18.2 Å². The maximum atomic E-state index is 10.8. The monoisotopic (exact) mass is 380 g/mol. The van der Waals surface area contributed by atoms with E-state index in [2.05, 4.69) is 26.6 Å². The third-order valence-electron chi connectivity index (χ3n) is 2.78. The molecule has 0 fully saturated rings. The standard InChI is InChI=1S/C14H19BrCl2N2O/c1-10(20)19-9-12(15)5-7-18-6-4-11-2-3-13(16)14(17)8-11/h2-3,8,12,18H,4-7,9H2,1H3,(H,19,20). The summed E-state index contributed by atoms with van der Waals surface area (Å²) in [4.78, 5) is 11.1. The maximum Gasteiger partial charge on any atom is 0.216 e. The Morgan fingerprint density at radius 3 is 2.70 bits per heavy atom. The zero-order valence-corrected chi connectivity index (χ0v) is 14.5. The third-order valence-corrected chi connectivity index (χ3v) is 4.30. The van der Waals surface area contributed by atoms with Gasteiger partial charge in [-0.05, 0) is 43.6 Å². The lowest BCUT2D eigenvalue weighted by Gasteiger charge is -2.11. The van der Waals surface area contributed by atoms with Crippen LogP contribution in [-0.4, -0.2) is 30.4 Å². The number of nitrogens with one attached hydrogen (secondary N) is 2. The Morgan fingerprint density at radius 2 is 2.05 bits per heavy atom. The van der Waals surface area contributed by atoms with Gasteiger partial charge in [0, 0.05) is 18.3 Å². The number of hydrogen-bond acceptors (Lipinski definition) is 2. The minimum Gasteiger partial charge on any atom is -0.355 e. The average Bonchev–Trinajstić information content (AvgIpc) is 2.40. The highest BCUT2D eigenvalue weighted by Gasteiger charge is 2.04. The molecule has 1 aromatic carbocycles. The summed E-state index contributed by atoms with van der Waals surface area (Å²) in [5.41, 5.74) is 1.17. The first-order chi connectivity index (χ1) is 9.49. The van der Waals surface area contributed by atoms with Gasteiger partial charge in [0.15, 0.2) is 0 Å². The summed E-state index contributed by atoms with van der Waals surface area (Å²) in [5.74, 6) is 0.00188. The van der Waals surface area contributed by atoms with Crippen LogP contribution >= 0.6 is 39.1 Å². The predicted octanol–water partition coefficient (Wildman–Crippen LogP) is 3.42. The molecular weight excluding hydrogens is 363 g/mol. The number of halogens is 3. The third kappa shape index (κ3) is 7.48. The quantitative estimate of drug-likeness (QED) is 0.535. The highest BCUT2D eigenvalue weighted by atomic mass is 79.9. The van der Waals surface area contributed by atoms with E-state index in [-0.39, 0.29) is 5.91 Å². The van der Waals surface area contributed by atoms with Gasteiger partial charge in [-0.1, -0.05) is 45.2 Å². The topological polar surface area (TPSA) is 41.1 Å². The summed E-state index contributed by atoms with van der Waals surface area (Å²) in [6, 6.07) is 5.71. The summed E-state index contributed by atoms with van der Waals surface area (Å²) in [6.07, 6.45) is 1.87. The zero-order chi connectivity index (χ0) is 15.0. The number of benzene rings is 1. The molecule has 1 aromatic rings. The van der Waals surface area contributed by atoms with E-state index >= 15 is 0 Å². The Morgan fingerprint density at radius 1 is 1.30 bits per heavy atom. The molecule has 3 nitrogen and oxygen atoms in total. The first-order valence-electron chi connectivity index (χ1n) is 6.52. The van der Waals surface area contributed by atoms with Crippen LogP contribution in [0.15, 0.2) is 18.2 Å². The van der Waals surface area contributed by atoms with Gasteiger partial charge in [-0.2, -0.15) is 0 Å². The molecule has 0 aliphatic rings. The molecule has 20 heavy (non-hydrogen) atoms. The molecule has 0 radical (unpaired) electrons. The fourth-order valence-electron chi connectivity index (χ4n) is 1.67. The van der Waals surface area contributed by atoms with E-state index in [9.17, 15) is 4.79 Å². The molecule has 1 rings (SSSR count). The van der Waals surface area contributed by atoms with Gasteiger partial charge in [0.1, 0.15) is 0 Å².